The van der Waals surface area contributed by atoms with Gasteiger partial charge < -0.3 is 4.57 Å². The number of aromatic nitrogens is 2. The average Bonchev–Trinajstić information content (AvgIpc) is 2.92. The standard InChI is InChI=1S/C14H10N4O2S/c19-12-10(13(20)17-14(21)16-12)6-18-7-11(15-8-18)9-4-2-1-3-5-9/h1-8H,(H2,16,17,19,20,21). The van der Waals surface area contributed by atoms with Gasteiger partial charge in [-0.25, -0.2) is 4.98 Å². The smallest absolute Gasteiger partial charge is 0.264 e. The van der Waals surface area contributed by atoms with Crippen LogP contribution in [0, 0.1) is 0 Å². The third-order valence-corrected chi connectivity index (χ3v) is 3.10. The normalized spacial score (nSPS) is 14.7. The second-order valence-electron chi connectivity index (χ2n) is 4.35. The molecule has 21 heavy (non-hydrogen) atoms. The number of amides is 2. The Labute approximate surface area is 125 Å². The molecule has 0 saturated carbocycles. The summed E-state index contributed by atoms with van der Waals surface area (Å²) >= 11 is 4.74. The van der Waals surface area contributed by atoms with Gasteiger partial charge in [-0.15, -0.1) is 0 Å². The maximum Gasteiger partial charge on any atom is 0.264 e. The Morgan fingerprint density at radius 3 is 2.43 bits per heavy atom. The van der Waals surface area contributed by atoms with Crippen molar-refractivity contribution in [2.75, 3.05) is 0 Å². The summed E-state index contributed by atoms with van der Waals surface area (Å²) in [7, 11) is 0. The van der Waals surface area contributed by atoms with Crippen LogP contribution in [0.3, 0.4) is 0 Å². The highest BCUT2D eigenvalue weighted by molar-refractivity contribution is 7.80. The summed E-state index contributed by atoms with van der Waals surface area (Å²) in [6.45, 7) is 0. The van der Waals surface area contributed by atoms with Crippen molar-refractivity contribution in [3.8, 4) is 11.3 Å². The van der Waals surface area contributed by atoms with E-state index in [1.54, 1.807) is 10.8 Å². The first-order valence-corrected chi connectivity index (χ1v) is 6.52. The highest BCUT2D eigenvalue weighted by Gasteiger charge is 2.25. The number of hydrogen-bond acceptors (Lipinski definition) is 4. The summed E-state index contributed by atoms with van der Waals surface area (Å²) in [6, 6.07) is 9.60. The van der Waals surface area contributed by atoms with Crippen LogP contribution >= 0.6 is 12.2 Å². The fraction of sp³-hybridized carbons (Fsp3) is 0. The number of thiocarbonyl (C=S) groups is 1. The van der Waals surface area contributed by atoms with Gasteiger partial charge in [0.2, 0.25) is 0 Å². The lowest BCUT2D eigenvalue weighted by Gasteiger charge is -2.16. The molecule has 6 nitrogen and oxygen atoms in total. The monoisotopic (exact) mass is 298 g/mol. The maximum atomic E-state index is 11.7. The van der Waals surface area contributed by atoms with Crippen molar-refractivity contribution in [1.29, 1.82) is 0 Å². The molecule has 0 atom stereocenters. The molecule has 1 aliphatic rings. The van der Waals surface area contributed by atoms with Gasteiger partial charge in [-0.2, -0.15) is 0 Å². The molecule has 0 unspecified atom stereocenters. The molecule has 1 aliphatic heterocycles. The van der Waals surface area contributed by atoms with Crippen LogP contribution in [0.4, 0.5) is 0 Å². The molecule has 2 N–H and O–H groups in total. The third-order valence-electron chi connectivity index (χ3n) is 2.89. The topological polar surface area (TPSA) is 76.0 Å². The zero-order valence-corrected chi connectivity index (χ0v) is 11.6. The average molecular weight is 298 g/mol. The molecule has 2 heterocycles. The molecule has 7 heteroatoms. The van der Waals surface area contributed by atoms with Crippen molar-refractivity contribution in [3.05, 3.63) is 48.4 Å². The number of imidazole rings is 1. The Bertz CT molecular complexity index is 742. The van der Waals surface area contributed by atoms with Gasteiger partial charge in [0.15, 0.2) is 5.11 Å². The highest BCUT2D eigenvalue weighted by Crippen LogP contribution is 2.16. The lowest BCUT2D eigenvalue weighted by atomic mass is 10.2. The summed E-state index contributed by atoms with van der Waals surface area (Å²) in [4.78, 5) is 27.7. The molecule has 0 bridgehead atoms. The molecular weight excluding hydrogens is 288 g/mol. The minimum Gasteiger partial charge on any atom is -0.311 e. The maximum absolute atomic E-state index is 11.7. The van der Waals surface area contributed by atoms with Gasteiger partial charge in [-0.3, -0.25) is 20.2 Å². The van der Waals surface area contributed by atoms with Crippen LogP contribution in [0.25, 0.3) is 17.5 Å². The Morgan fingerprint density at radius 1 is 1.10 bits per heavy atom. The molecule has 1 aromatic heterocycles. The molecule has 1 fully saturated rings. The second-order valence-corrected chi connectivity index (χ2v) is 4.76. The van der Waals surface area contributed by atoms with Crippen molar-refractivity contribution < 1.29 is 9.59 Å². The van der Waals surface area contributed by atoms with Gasteiger partial charge >= 0.3 is 0 Å². The van der Waals surface area contributed by atoms with Gasteiger partial charge in [0, 0.05) is 18.0 Å². The molecule has 0 aliphatic carbocycles. The van der Waals surface area contributed by atoms with Crippen molar-refractivity contribution in [2.45, 2.75) is 0 Å². The van der Waals surface area contributed by atoms with E-state index in [4.69, 9.17) is 12.2 Å². The van der Waals surface area contributed by atoms with E-state index in [1.807, 2.05) is 30.3 Å². The largest absolute Gasteiger partial charge is 0.311 e. The Balaban J connectivity index is 1.90. The van der Waals surface area contributed by atoms with Crippen molar-refractivity contribution >= 4 is 35.3 Å². The van der Waals surface area contributed by atoms with E-state index in [-0.39, 0.29) is 10.7 Å². The first kappa shape index (κ1) is 13.2. The highest BCUT2D eigenvalue weighted by atomic mass is 32.1. The van der Waals surface area contributed by atoms with E-state index in [1.165, 1.54) is 12.5 Å². The molecule has 3 rings (SSSR count). The number of benzene rings is 1. The quantitative estimate of drug-likeness (QED) is 0.491. The van der Waals surface area contributed by atoms with Crippen molar-refractivity contribution in [2.24, 2.45) is 0 Å². The van der Waals surface area contributed by atoms with Crippen molar-refractivity contribution in [3.63, 3.8) is 0 Å². The summed E-state index contributed by atoms with van der Waals surface area (Å²) in [5.41, 5.74) is 1.67. The Hall–Kier alpha value is -2.80. The molecule has 2 aromatic rings. The first-order chi connectivity index (χ1) is 10.1. The minimum atomic E-state index is -0.529. The van der Waals surface area contributed by atoms with Gasteiger partial charge in [0.1, 0.15) is 5.57 Å². The van der Waals surface area contributed by atoms with Gasteiger partial charge in [0.25, 0.3) is 11.8 Å². The molecular formula is C14H10N4O2S. The van der Waals surface area contributed by atoms with Gasteiger partial charge in [0.05, 0.1) is 12.0 Å². The fourth-order valence-corrected chi connectivity index (χ4v) is 2.09. The number of rotatable bonds is 2. The summed E-state index contributed by atoms with van der Waals surface area (Å²) in [6.07, 6.45) is 4.67. The molecule has 0 spiro atoms. The predicted octanol–water partition coefficient (Wildman–Crippen LogP) is 0.922. The lowest BCUT2D eigenvalue weighted by molar-refractivity contribution is -0.123. The van der Waals surface area contributed by atoms with E-state index >= 15 is 0 Å². The van der Waals surface area contributed by atoms with Crippen LogP contribution < -0.4 is 10.6 Å². The molecule has 1 aromatic carbocycles. The van der Waals surface area contributed by atoms with E-state index in [0.29, 0.717) is 0 Å². The van der Waals surface area contributed by atoms with Gasteiger partial charge in [-0.1, -0.05) is 30.3 Å². The van der Waals surface area contributed by atoms with Crippen LogP contribution in [0.15, 0.2) is 48.4 Å². The zero-order chi connectivity index (χ0) is 14.8. The Morgan fingerprint density at radius 2 is 1.76 bits per heavy atom. The number of nitrogens with zero attached hydrogens (tertiary/aromatic N) is 2. The lowest BCUT2D eigenvalue weighted by Crippen LogP contribution is -2.51. The Kier molecular flexibility index (Phi) is 3.33. The third kappa shape index (κ3) is 2.72. The van der Waals surface area contributed by atoms with Crippen molar-refractivity contribution in [1.82, 2.24) is 20.2 Å². The number of carbonyl (C=O) groups excluding carboxylic acids is 2. The zero-order valence-electron chi connectivity index (χ0n) is 10.7. The summed E-state index contributed by atoms with van der Waals surface area (Å²) in [5, 5.41) is 4.77. The molecule has 0 radical (unpaired) electrons. The van der Waals surface area contributed by atoms with Gasteiger partial charge in [-0.05, 0) is 12.2 Å². The van der Waals surface area contributed by atoms with Crippen LogP contribution in [0.5, 0.6) is 0 Å². The van der Waals surface area contributed by atoms with Crippen LogP contribution in [-0.2, 0) is 9.59 Å². The van der Waals surface area contributed by atoms with E-state index in [9.17, 15) is 9.59 Å². The molecule has 2 amide bonds. The number of carbonyl (C=O) groups is 2. The first-order valence-electron chi connectivity index (χ1n) is 6.11. The molecule has 104 valence electrons. The summed E-state index contributed by atoms with van der Waals surface area (Å²) < 4.78 is 1.56. The number of nitrogens with one attached hydrogen (secondary N) is 2. The SMILES string of the molecule is O=C1NC(=S)NC(=O)C1=Cn1cnc(-c2ccccc2)c1. The predicted molar refractivity (Wildman–Crippen MR) is 80.8 cm³/mol. The van der Waals surface area contributed by atoms with E-state index in [0.717, 1.165) is 11.3 Å². The van der Waals surface area contributed by atoms with Crippen LogP contribution in [-0.4, -0.2) is 26.5 Å². The number of hydrogen-bond donors (Lipinski definition) is 2. The summed E-state index contributed by atoms with van der Waals surface area (Å²) in [5.74, 6) is -1.06. The molecule has 1 saturated heterocycles. The van der Waals surface area contributed by atoms with Crippen LogP contribution in [0.2, 0.25) is 0 Å². The van der Waals surface area contributed by atoms with E-state index in [2.05, 4.69) is 15.6 Å². The second kappa shape index (κ2) is 5.29. The minimum absolute atomic E-state index is 0.0118. The van der Waals surface area contributed by atoms with E-state index < -0.39 is 11.8 Å². The fourth-order valence-electron chi connectivity index (χ4n) is 1.91. The van der Waals surface area contributed by atoms with Crippen LogP contribution in [0.1, 0.15) is 0 Å².